The number of nitrogens with zero attached hydrogens (tertiary/aromatic N) is 3. The van der Waals surface area contributed by atoms with Gasteiger partial charge >= 0.3 is 12.2 Å². The van der Waals surface area contributed by atoms with Crippen LogP contribution < -0.4 is 15.4 Å². The Kier molecular flexibility index (Phi) is 6.65. The van der Waals surface area contributed by atoms with Crippen molar-refractivity contribution >= 4 is 11.7 Å². The van der Waals surface area contributed by atoms with Crippen LogP contribution >= 0.6 is 0 Å². The van der Waals surface area contributed by atoms with E-state index in [1.54, 1.807) is 0 Å². The lowest BCUT2D eigenvalue weighted by Gasteiger charge is -2.14. The zero-order valence-corrected chi connectivity index (χ0v) is 15.3. The molecule has 148 valence electrons. The molecular formula is C17H22F3N5O2. The predicted octanol–water partition coefficient (Wildman–Crippen LogP) is 3.29. The number of alkyl halides is 3. The maximum Gasteiger partial charge on any atom is 0.422 e. The smallest absolute Gasteiger partial charge is 0.422 e. The third-order valence-electron chi connectivity index (χ3n) is 3.58. The minimum Gasteiger partial charge on any atom is -0.468 e. The number of urea groups is 1. The van der Waals surface area contributed by atoms with Crippen LogP contribution in [0, 0.1) is 19.8 Å². The minimum atomic E-state index is -4.43. The summed E-state index contributed by atoms with van der Waals surface area (Å²) >= 11 is 0. The number of ether oxygens (including phenoxy) is 1. The van der Waals surface area contributed by atoms with E-state index in [0.29, 0.717) is 18.8 Å². The third-order valence-corrected chi connectivity index (χ3v) is 3.58. The van der Waals surface area contributed by atoms with E-state index in [9.17, 15) is 18.0 Å². The molecule has 2 amide bonds. The number of pyridine rings is 1. The molecule has 0 radical (unpaired) electrons. The quantitative estimate of drug-likeness (QED) is 0.766. The summed E-state index contributed by atoms with van der Waals surface area (Å²) < 4.78 is 42.6. The topological polar surface area (TPSA) is 81.1 Å². The Balaban J connectivity index is 1.75. The monoisotopic (exact) mass is 385 g/mol. The second kappa shape index (κ2) is 8.74. The van der Waals surface area contributed by atoms with Crippen molar-refractivity contribution in [2.24, 2.45) is 5.92 Å². The van der Waals surface area contributed by atoms with Gasteiger partial charge in [-0.3, -0.25) is 4.68 Å². The van der Waals surface area contributed by atoms with Crippen molar-refractivity contribution < 1.29 is 22.7 Å². The van der Waals surface area contributed by atoms with E-state index in [1.807, 2.05) is 31.5 Å². The van der Waals surface area contributed by atoms with E-state index in [0.717, 1.165) is 11.4 Å². The van der Waals surface area contributed by atoms with E-state index < -0.39 is 18.8 Å². The van der Waals surface area contributed by atoms with Crippen molar-refractivity contribution in [2.75, 3.05) is 18.5 Å². The maximum absolute atomic E-state index is 12.1. The van der Waals surface area contributed by atoms with Crippen LogP contribution in [-0.4, -0.2) is 40.1 Å². The van der Waals surface area contributed by atoms with Crippen molar-refractivity contribution in [1.82, 2.24) is 20.1 Å². The molecule has 0 aromatic carbocycles. The molecule has 0 spiro atoms. The Hall–Kier alpha value is -2.78. The highest BCUT2D eigenvalue weighted by Crippen LogP contribution is 2.18. The van der Waals surface area contributed by atoms with Crippen LogP contribution in [0.4, 0.5) is 23.7 Å². The van der Waals surface area contributed by atoms with Gasteiger partial charge in [-0.1, -0.05) is 6.92 Å². The lowest BCUT2D eigenvalue weighted by molar-refractivity contribution is -0.154. The number of aromatic nitrogens is 3. The van der Waals surface area contributed by atoms with Gasteiger partial charge in [0, 0.05) is 24.8 Å². The highest BCUT2D eigenvalue weighted by atomic mass is 19.4. The fourth-order valence-corrected chi connectivity index (χ4v) is 2.36. The second-order valence-electron chi connectivity index (χ2n) is 6.34. The van der Waals surface area contributed by atoms with Crippen LogP contribution in [0.15, 0.2) is 24.4 Å². The van der Waals surface area contributed by atoms with Crippen LogP contribution in [-0.2, 0) is 6.54 Å². The molecule has 1 unspecified atom stereocenters. The highest BCUT2D eigenvalue weighted by Gasteiger charge is 2.28. The van der Waals surface area contributed by atoms with E-state index in [-0.39, 0.29) is 11.8 Å². The van der Waals surface area contributed by atoms with Gasteiger partial charge in [0.25, 0.3) is 0 Å². The summed E-state index contributed by atoms with van der Waals surface area (Å²) in [6, 6.07) is 4.23. The number of carbonyl (C=O) groups is 1. The predicted molar refractivity (Wildman–Crippen MR) is 93.7 cm³/mol. The standard InChI is InChI=1S/C17H22F3N5O2/c1-11(9-25-13(3)6-12(2)24-25)7-22-16(26)23-14-4-5-15(21-8-14)27-10-17(18,19)20/h4-6,8,11H,7,9-10H2,1-3H3,(H2,22,23,26). The summed E-state index contributed by atoms with van der Waals surface area (Å²) in [6.07, 6.45) is -3.20. The molecule has 2 heterocycles. The molecule has 0 aliphatic heterocycles. The lowest BCUT2D eigenvalue weighted by Crippen LogP contribution is -2.33. The molecule has 0 fully saturated rings. The molecular weight excluding hydrogens is 363 g/mol. The average Bonchev–Trinajstić information content (AvgIpc) is 2.89. The van der Waals surface area contributed by atoms with Crippen molar-refractivity contribution in [3.05, 3.63) is 35.8 Å². The van der Waals surface area contributed by atoms with Gasteiger partial charge < -0.3 is 15.4 Å². The van der Waals surface area contributed by atoms with Gasteiger partial charge in [-0.2, -0.15) is 18.3 Å². The van der Waals surface area contributed by atoms with Crippen LogP contribution in [0.25, 0.3) is 0 Å². The van der Waals surface area contributed by atoms with Crippen LogP contribution in [0.1, 0.15) is 18.3 Å². The molecule has 0 aliphatic carbocycles. The first-order valence-corrected chi connectivity index (χ1v) is 8.34. The number of rotatable bonds is 7. The Morgan fingerprint density at radius 3 is 2.63 bits per heavy atom. The fraction of sp³-hybridized carbons (Fsp3) is 0.471. The molecule has 2 aromatic heterocycles. The minimum absolute atomic E-state index is 0.157. The summed E-state index contributed by atoms with van der Waals surface area (Å²) in [5, 5.41) is 9.68. The molecule has 2 aromatic rings. The normalized spacial score (nSPS) is 12.5. The fourth-order valence-electron chi connectivity index (χ4n) is 2.36. The molecule has 10 heteroatoms. The highest BCUT2D eigenvalue weighted by molar-refractivity contribution is 5.88. The van der Waals surface area contributed by atoms with Crippen molar-refractivity contribution in [3.8, 4) is 5.88 Å². The van der Waals surface area contributed by atoms with Gasteiger partial charge in [0.1, 0.15) is 0 Å². The number of hydrogen-bond acceptors (Lipinski definition) is 4. The van der Waals surface area contributed by atoms with E-state index in [1.165, 1.54) is 18.3 Å². The molecule has 0 bridgehead atoms. The molecule has 7 nitrogen and oxygen atoms in total. The maximum atomic E-state index is 12.1. The molecule has 0 saturated heterocycles. The zero-order valence-electron chi connectivity index (χ0n) is 15.3. The largest absolute Gasteiger partial charge is 0.468 e. The SMILES string of the molecule is Cc1cc(C)n(CC(C)CNC(=O)Nc2ccc(OCC(F)(F)F)nc2)n1. The Morgan fingerprint density at radius 2 is 2.07 bits per heavy atom. The average molecular weight is 385 g/mol. The second-order valence-corrected chi connectivity index (χ2v) is 6.34. The number of carbonyl (C=O) groups excluding carboxylic acids is 1. The van der Waals surface area contributed by atoms with Gasteiger partial charge in [-0.25, -0.2) is 9.78 Å². The zero-order chi connectivity index (χ0) is 20.0. The Bertz CT molecular complexity index is 759. The van der Waals surface area contributed by atoms with Crippen LogP contribution in [0.3, 0.4) is 0 Å². The first-order chi connectivity index (χ1) is 12.6. The third kappa shape index (κ3) is 7.16. The number of hydrogen-bond donors (Lipinski definition) is 2. The van der Waals surface area contributed by atoms with Gasteiger partial charge in [-0.15, -0.1) is 0 Å². The van der Waals surface area contributed by atoms with Crippen LogP contribution in [0.5, 0.6) is 5.88 Å². The van der Waals surface area contributed by atoms with Crippen LogP contribution in [0.2, 0.25) is 0 Å². The summed E-state index contributed by atoms with van der Waals surface area (Å²) in [4.78, 5) is 15.7. The molecule has 1 atom stereocenters. The first-order valence-electron chi connectivity index (χ1n) is 8.34. The number of anilines is 1. The van der Waals surface area contributed by atoms with Crippen molar-refractivity contribution in [1.29, 1.82) is 0 Å². The number of nitrogens with one attached hydrogen (secondary N) is 2. The molecule has 2 N–H and O–H groups in total. The van der Waals surface area contributed by atoms with E-state index >= 15 is 0 Å². The number of amides is 2. The number of halogens is 3. The van der Waals surface area contributed by atoms with Gasteiger partial charge in [-0.05, 0) is 31.9 Å². The van der Waals surface area contributed by atoms with Crippen molar-refractivity contribution in [2.45, 2.75) is 33.5 Å². The van der Waals surface area contributed by atoms with Crippen molar-refractivity contribution in [3.63, 3.8) is 0 Å². The van der Waals surface area contributed by atoms with Gasteiger partial charge in [0.2, 0.25) is 5.88 Å². The molecule has 2 rings (SSSR count). The van der Waals surface area contributed by atoms with E-state index in [4.69, 9.17) is 0 Å². The molecule has 0 saturated carbocycles. The summed E-state index contributed by atoms with van der Waals surface area (Å²) in [6.45, 7) is 5.58. The summed E-state index contributed by atoms with van der Waals surface area (Å²) in [7, 11) is 0. The summed E-state index contributed by atoms with van der Waals surface area (Å²) in [5.74, 6) is -0.0122. The van der Waals surface area contributed by atoms with Gasteiger partial charge in [0.05, 0.1) is 17.6 Å². The summed E-state index contributed by atoms with van der Waals surface area (Å²) in [5.41, 5.74) is 2.35. The Labute approximate surface area is 154 Å². The number of aryl methyl sites for hydroxylation is 2. The molecule has 0 aliphatic rings. The van der Waals surface area contributed by atoms with E-state index in [2.05, 4.69) is 25.5 Å². The van der Waals surface area contributed by atoms with Gasteiger partial charge in [0.15, 0.2) is 6.61 Å². The molecule has 27 heavy (non-hydrogen) atoms. The first kappa shape index (κ1) is 20.5. The Morgan fingerprint density at radius 1 is 1.33 bits per heavy atom. The lowest BCUT2D eigenvalue weighted by atomic mass is 10.2.